The molecule has 1 aromatic rings. The number of rotatable bonds is 6. The molecule has 2 heterocycles. The second-order valence-electron chi connectivity index (χ2n) is 7.21. The van der Waals surface area contributed by atoms with Crippen LogP contribution in [0.3, 0.4) is 0 Å². The fourth-order valence-electron chi connectivity index (χ4n) is 3.68. The van der Waals surface area contributed by atoms with Crippen molar-refractivity contribution in [1.29, 1.82) is 0 Å². The van der Waals surface area contributed by atoms with Crippen LogP contribution < -0.4 is 10.6 Å². The van der Waals surface area contributed by atoms with Crippen LogP contribution in [0.2, 0.25) is 0 Å². The Hall–Kier alpha value is -2.15. The molecule has 0 bridgehead atoms. The van der Waals surface area contributed by atoms with Crippen LogP contribution in [0, 0.1) is 5.92 Å². The molecule has 2 amide bonds. The molecule has 136 valence electrons. The molecule has 0 radical (unpaired) electrons. The number of furan rings is 1. The molecule has 2 fully saturated rings. The van der Waals surface area contributed by atoms with Crippen molar-refractivity contribution in [3.63, 3.8) is 0 Å². The standard InChI is InChI=1S/C18H24N2O5/c1-11(2)9-12(19-17(23)13-5-4-8-24-13)16(22)20-18-7-3-6-15(18)25-10-14(18)21/h4-5,8,11-12,15H,3,6-7,9-10H2,1-2H3,(H,19,23)(H,20,22). The van der Waals surface area contributed by atoms with Crippen molar-refractivity contribution in [3.05, 3.63) is 24.2 Å². The molecule has 1 saturated heterocycles. The molecule has 3 atom stereocenters. The number of carbonyl (C=O) groups is 3. The van der Waals surface area contributed by atoms with Crippen LogP contribution in [-0.4, -0.2) is 41.9 Å². The van der Waals surface area contributed by atoms with E-state index in [0.29, 0.717) is 12.8 Å². The minimum absolute atomic E-state index is 0.0402. The summed E-state index contributed by atoms with van der Waals surface area (Å²) < 4.78 is 10.6. The highest BCUT2D eigenvalue weighted by molar-refractivity contribution is 5.99. The van der Waals surface area contributed by atoms with Gasteiger partial charge in [-0.2, -0.15) is 0 Å². The predicted molar refractivity (Wildman–Crippen MR) is 88.9 cm³/mol. The lowest BCUT2D eigenvalue weighted by atomic mass is 9.91. The summed E-state index contributed by atoms with van der Waals surface area (Å²) in [6, 6.07) is 2.42. The van der Waals surface area contributed by atoms with Gasteiger partial charge in [0.2, 0.25) is 5.91 Å². The Morgan fingerprint density at radius 3 is 2.88 bits per heavy atom. The summed E-state index contributed by atoms with van der Waals surface area (Å²) in [6.45, 7) is 3.98. The monoisotopic (exact) mass is 348 g/mol. The molecule has 1 aliphatic heterocycles. The molecule has 25 heavy (non-hydrogen) atoms. The first-order valence-electron chi connectivity index (χ1n) is 8.73. The molecule has 1 aliphatic carbocycles. The number of ether oxygens (including phenoxy) is 1. The van der Waals surface area contributed by atoms with Gasteiger partial charge in [-0.3, -0.25) is 14.4 Å². The van der Waals surface area contributed by atoms with Gasteiger partial charge in [-0.1, -0.05) is 13.8 Å². The van der Waals surface area contributed by atoms with Crippen molar-refractivity contribution in [2.24, 2.45) is 5.92 Å². The van der Waals surface area contributed by atoms with Gasteiger partial charge in [-0.25, -0.2) is 0 Å². The van der Waals surface area contributed by atoms with Crippen molar-refractivity contribution in [2.45, 2.75) is 57.2 Å². The van der Waals surface area contributed by atoms with Gasteiger partial charge in [-0.05, 0) is 43.7 Å². The molecule has 3 unspecified atom stereocenters. The molecule has 7 heteroatoms. The van der Waals surface area contributed by atoms with Gasteiger partial charge in [-0.15, -0.1) is 0 Å². The number of amides is 2. The van der Waals surface area contributed by atoms with Gasteiger partial charge in [0.15, 0.2) is 11.5 Å². The first kappa shape index (κ1) is 17.7. The second kappa shape index (κ2) is 7.00. The fourth-order valence-corrected chi connectivity index (χ4v) is 3.68. The summed E-state index contributed by atoms with van der Waals surface area (Å²) in [5.41, 5.74) is -0.929. The average molecular weight is 348 g/mol. The highest BCUT2D eigenvalue weighted by atomic mass is 16.5. The van der Waals surface area contributed by atoms with Gasteiger partial charge < -0.3 is 19.8 Å². The highest BCUT2D eigenvalue weighted by Crippen LogP contribution is 2.37. The van der Waals surface area contributed by atoms with E-state index in [0.717, 1.165) is 12.8 Å². The fraction of sp³-hybridized carbons (Fsp3) is 0.611. The Morgan fingerprint density at radius 1 is 1.40 bits per heavy atom. The van der Waals surface area contributed by atoms with E-state index in [1.807, 2.05) is 13.8 Å². The molecule has 1 aromatic heterocycles. The van der Waals surface area contributed by atoms with Gasteiger partial charge in [0.25, 0.3) is 5.91 Å². The van der Waals surface area contributed by atoms with E-state index in [1.165, 1.54) is 6.26 Å². The lowest BCUT2D eigenvalue weighted by Gasteiger charge is -2.30. The van der Waals surface area contributed by atoms with E-state index in [9.17, 15) is 14.4 Å². The third kappa shape index (κ3) is 3.46. The molecule has 3 rings (SSSR count). The number of carbonyl (C=O) groups excluding carboxylic acids is 3. The van der Waals surface area contributed by atoms with Crippen LogP contribution in [0.25, 0.3) is 0 Å². The quantitative estimate of drug-likeness (QED) is 0.810. The van der Waals surface area contributed by atoms with Crippen molar-refractivity contribution >= 4 is 17.6 Å². The molecule has 7 nitrogen and oxygen atoms in total. The maximum absolute atomic E-state index is 12.9. The Labute approximate surface area is 146 Å². The lowest BCUT2D eigenvalue weighted by Crippen LogP contribution is -2.60. The Kier molecular flexibility index (Phi) is 4.94. The zero-order chi connectivity index (χ0) is 18.0. The first-order valence-corrected chi connectivity index (χ1v) is 8.73. The van der Waals surface area contributed by atoms with Crippen LogP contribution in [0.15, 0.2) is 22.8 Å². The normalized spacial score (nSPS) is 26.5. The van der Waals surface area contributed by atoms with Gasteiger partial charge in [0.1, 0.15) is 18.2 Å². The smallest absolute Gasteiger partial charge is 0.287 e. The molecule has 2 N–H and O–H groups in total. The van der Waals surface area contributed by atoms with E-state index >= 15 is 0 Å². The summed E-state index contributed by atoms with van der Waals surface area (Å²) in [4.78, 5) is 37.4. The Bertz CT molecular complexity index is 654. The molecular weight excluding hydrogens is 324 g/mol. The molecule has 2 aliphatic rings. The van der Waals surface area contributed by atoms with E-state index in [-0.39, 0.29) is 36.1 Å². The van der Waals surface area contributed by atoms with E-state index in [1.54, 1.807) is 12.1 Å². The number of ketones is 1. The molecule has 0 spiro atoms. The number of hydrogen-bond donors (Lipinski definition) is 2. The minimum atomic E-state index is -0.929. The van der Waals surface area contributed by atoms with Crippen molar-refractivity contribution in [2.75, 3.05) is 6.61 Å². The van der Waals surface area contributed by atoms with Crippen molar-refractivity contribution in [3.8, 4) is 0 Å². The SMILES string of the molecule is CC(C)CC(NC(=O)c1ccco1)C(=O)NC12CCCC1OCC2=O. The third-order valence-corrected chi connectivity index (χ3v) is 4.92. The summed E-state index contributed by atoms with van der Waals surface area (Å²) in [6.07, 6.45) is 3.80. The maximum Gasteiger partial charge on any atom is 0.287 e. The Balaban J connectivity index is 1.73. The van der Waals surface area contributed by atoms with Gasteiger partial charge in [0, 0.05) is 0 Å². The van der Waals surface area contributed by atoms with Gasteiger partial charge >= 0.3 is 0 Å². The number of hydrogen-bond acceptors (Lipinski definition) is 5. The van der Waals surface area contributed by atoms with E-state index in [4.69, 9.17) is 9.15 Å². The predicted octanol–water partition coefficient (Wildman–Crippen LogP) is 1.43. The summed E-state index contributed by atoms with van der Waals surface area (Å²) in [5, 5.41) is 5.62. The van der Waals surface area contributed by atoms with Crippen molar-refractivity contribution < 1.29 is 23.5 Å². The summed E-state index contributed by atoms with van der Waals surface area (Å²) in [7, 11) is 0. The highest BCUT2D eigenvalue weighted by Gasteiger charge is 2.55. The number of fused-ring (bicyclic) bond motifs is 1. The zero-order valence-corrected chi connectivity index (χ0v) is 14.5. The van der Waals surface area contributed by atoms with E-state index in [2.05, 4.69) is 10.6 Å². The van der Waals surface area contributed by atoms with Crippen LogP contribution in [-0.2, 0) is 14.3 Å². The van der Waals surface area contributed by atoms with Crippen molar-refractivity contribution in [1.82, 2.24) is 10.6 Å². The van der Waals surface area contributed by atoms with Crippen LogP contribution in [0.5, 0.6) is 0 Å². The maximum atomic E-state index is 12.9. The van der Waals surface area contributed by atoms with E-state index < -0.39 is 17.5 Å². The molecular formula is C18H24N2O5. The minimum Gasteiger partial charge on any atom is -0.459 e. The molecule has 1 saturated carbocycles. The average Bonchev–Trinajstić information content (AvgIpc) is 3.26. The van der Waals surface area contributed by atoms with Gasteiger partial charge in [0.05, 0.1) is 12.4 Å². The Morgan fingerprint density at radius 2 is 2.20 bits per heavy atom. The summed E-state index contributed by atoms with van der Waals surface area (Å²) >= 11 is 0. The first-order chi connectivity index (χ1) is 11.9. The van der Waals surface area contributed by atoms with Crippen LogP contribution in [0.1, 0.15) is 50.1 Å². The summed E-state index contributed by atoms with van der Waals surface area (Å²) in [5.74, 6) is -0.526. The topological polar surface area (TPSA) is 97.6 Å². The van der Waals surface area contributed by atoms with Crippen LogP contribution >= 0.6 is 0 Å². The zero-order valence-electron chi connectivity index (χ0n) is 14.5. The second-order valence-corrected chi connectivity index (χ2v) is 7.21. The largest absolute Gasteiger partial charge is 0.459 e. The third-order valence-electron chi connectivity index (χ3n) is 4.92. The number of Topliss-reactive ketones (excluding diaryl/α,β-unsaturated/α-hetero) is 1. The lowest BCUT2D eigenvalue weighted by molar-refractivity contribution is -0.131. The number of nitrogens with one attached hydrogen (secondary N) is 2. The van der Waals surface area contributed by atoms with Crippen LogP contribution in [0.4, 0.5) is 0 Å². The molecule has 0 aromatic carbocycles.